The van der Waals surface area contributed by atoms with E-state index in [2.05, 4.69) is 49.6 Å². The second kappa shape index (κ2) is 9.80. The number of aliphatic hydroxyl groups excluding tert-OH is 1. The van der Waals surface area contributed by atoms with Crippen LogP contribution in [-0.2, 0) is 10.5 Å². The second-order valence-corrected chi connectivity index (χ2v) is 9.67. The molecule has 1 aromatic carbocycles. The third-order valence-corrected chi connectivity index (χ3v) is 7.48. The molecule has 9 nitrogen and oxygen atoms in total. The Balaban J connectivity index is 1.23. The van der Waals surface area contributed by atoms with Crippen molar-refractivity contribution < 1.29 is 9.84 Å². The van der Waals surface area contributed by atoms with Gasteiger partial charge in [0.1, 0.15) is 18.2 Å². The summed E-state index contributed by atoms with van der Waals surface area (Å²) in [6, 6.07) is 10.5. The number of nitrogens with two attached hydrogens (primary N) is 1. The van der Waals surface area contributed by atoms with Crippen molar-refractivity contribution in [1.82, 2.24) is 20.0 Å². The molecule has 1 aromatic heterocycles. The number of rotatable bonds is 7. The summed E-state index contributed by atoms with van der Waals surface area (Å²) in [5, 5.41) is 14.8. The van der Waals surface area contributed by atoms with Crippen LogP contribution >= 0.6 is 11.8 Å². The number of thioether (sulfide) groups is 1. The number of ether oxygens (including phenoxy) is 1. The van der Waals surface area contributed by atoms with Gasteiger partial charge < -0.3 is 15.6 Å². The first-order chi connectivity index (χ1) is 15.7. The second-order valence-electron chi connectivity index (χ2n) is 8.64. The summed E-state index contributed by atoms with van der Waals surface area (Å²) < 4.78 is 6.03. The Morgan fingerprint density at radius 3 is 2.88 bits per heavy atom. The molecular formula is C22H31N7O2S. The van der Waals surface area contributed by atoms with E-state index in [1.807, 2.05) is 22.9 Å². The molecule has 4 heterocycles. The van der Waals surface area contributed by atoms with E-state index >= 15 is 0 Å². The zero-order chi connectivity index (χ0) is 21.9. The van der Waals surface area contributed by atoms with E-state index in [1.54, 1.807) is 0 Å². The summed E-state index contributed by atoms with van der Waals surface area (Å²) in [6.45, 7) is 2.83. The maximum atomic E-state index is 10.7. The number of aromatic nitrogens is 2. The largest absolute Gasteiger partial charge is 0.391 e. The lowest BCUT2D eigenvalue weighted by Crippen LogP contribution is -2.54. The molecule has 2 fully saturated rings. The van der Waals surface area contributed by atoms with Gasteiger partial charge in [0.15, 0.2) is 11.6 Å². The highest BCUT2D eigenvalue weighted by Crippen LogP contribution is 2.38. The minimum absolute atomic E-state index is 0.0814. The molecule has 3 aliphatic heterocycles. The van der Waals surface area contributed by atoms with Gasteiger partial charge in [-0.2, -0.15) is 11.8 Å². The first-order valence-corrected chi connectivity index (χ1v) is 12.4. The molecule has 10 heteroatoms. The summed E-state index contributed by atoms with van der Waals surface area (Å²) in [4.78, 5) is 10.9. The lowest BCUT2D eigenvalue weighted by molar-refractivity contribution is -0.0805. The molecule has 2 aromatic rings. The van der Waals surface area contributed by atoms with Gasteiger partial charge in [-0.05, 0) is 24.8 Å². The first-order valence-electron chi connectivity index (χ1n) is 11.3. The SMILES string of the molecule is Nc1ncnc2c1NN(C1CCCCO1)N2CN1CC(O)C(CSCc2ccccc2)C1. The van der Waals surface area contributed by atoms with Crippen molar-refractivity contribution in [1.29, 1.82) is 0 Å². The molecule has 0 bridgehead atoms. The van der Waals surface area contributed by atoms with E-state index < -0.39 is 0 Å². The van der Waals surface area contributed by atoms with Gasteiger partial charge in [0.05, 0.1) is 12.8 Å². The fourth-order valence-corrected chi connectivity index (χ4v) is 5.74. The number of nitrogen functional groups attached to an aromatic ring is 1. The smallest absolute Gasteiger partial charge is 0.176 e. The molecule has 0 aliphatic carbocycles. The highest BCUT2D eigenvalue weighted by atomic mass is 32.2. The molecule has 2 saturated heterocycles. The Labute approximate surface area is 192 Å². The average Bonchev–Trinajstić information content (AvgIpc) is 3.36. The maximum Gasteiger partial charge on any atom is 0.176 e. The fourth-order valence-electron chi connectivity index (χ4n) is 4.56. The van der Waals surface area contributed by atoms with Gasteiger partial charge in [0.25, 0.3) is 0 Å². The molecule has 3 aliphatic rings. The lowest BCUT2D eigenvalue weighted by Gasteiger charge is -2.38. The van der Waals surface area contributed by atoms with Crippen LogP contribution in [0.5, 0.6) is 0 Å². The van der Waals surface area contributed by atoms with Crippen molar-refractivity contribution in [3.63, 3.8) is 0 Å². The third kappa shape index (κ3) is 4.65. The summed E-state index contributed by atoms with van der Waals surface area (Å²) in [7, 11) is 0. The van der Waals surface area contributed by atoms with Crippen LogP contribution in [0.25, 0.3) is 0 Å². The molecule has 0 amide bonds. The van der Waals surface area contributed by atoms with Crippen molar-refractivity contribution in [3.8, 4) is 0 Å². The van der Waals surface area contributed by atoms with Crippen molar-refractivity contribution in [2.24, 2.45) is 5.92 Å². The van der Waals surface area contributed by atoms with Gasteiger partial charge >= 0.3 is 0 Å². The first kappa shape index (κ1) is 21.7. The molecule has 3 atom stereocenters. The zero-order valence-corrected chi connectivity index (χ0v) is 19.0. The lowest BCUT2D eigenvalue weighted by atomic mass is 10.1. The van der Waals surface area contributed by atoms with Crippen LogP contribution in [0, 0.1) is 5.92 Å². The minimum atomic E-state index is -0.330. The Hall–Kier alpha value is -2.11. The van der Waals surface area contributed by atoms with E-state index in [1.165, 1.54) is 11.9 Å². The zero-order valence-electron chi connectivity index (χ0n) is 18.1. The van der Waals surface area contributed by atoms with Crippen LogP contribution in [-0.4, -0.2) is 69.5 Å². The summed E-state index contributed by atoms with van der Waals surface area (Å²) in [6.07, 6.45) is 4.23. The number of nitrogens with zero attached hydrogens (tertiary/aromatic N) is 5. The van der Waals surface area contributed by atoms with Crippen LogP contribution < -0.4 is 16.2 Å². The number of benzene rings is 1. The molecule has 0 radical (unpaired) electrons. The van der Waals surface area contributed by atoms with E-state index in [-0.39, 0.29) is 18.2 Å². The maximum absolute atomic E-state index is 10.7. The summed E-state index contributed by atoms with van der Waals surface area (Å²) in [5.74, 6) is 3.33. The predicted molar refractivity (Wildman–Crippen MR) is 127 cm³/mol. The molecule has 4 N–H and O–H groups in total. The van der Waals surface area contributed by atoms with Crippen LogP contribution in [0.1, 0.15) is 24.8 Å². The predicted octanol–water partition coefficient (Wildman–Crippen LogP) is 2.13. The molecule has 5 rings (SSSR count). The number of likely N-dealkylation sites (tertiary alicyclic amines) is 1. The van der Waals surface area contributed by atoms with Crippen LogP contribution in [0.15, 0.2) is 36.7 Å². The normalized spacial score (nSPS) is 26.3. The van der Waals surface area contributed by atoms with Crippen molar-refractivity contribution in [2.45, 2.75) is 37.3 Å². The number of fused-ring (bicyclic) bond motifs is 1. The Morgan fingerprint density at radius 2 is 2.06 bits per heavy atom. The third-order valence-electron chi connectivity index (χ3n) is 6.28. The van der Waals surface area contributed by atoms with Gasteiger partial charge in [0, 0.05) is 37.1 Å². The quantitative estimate of drug-likeness (QED) is 0.573. The molecule has 172 valence electrons. The van der Waals surface area contributed by atoms with Crippen LogP contribution in [0.3, 0.4) is 0 Å². The average molecular weight is 458 g/mol. The fraction of sp³-hybridized carbons (Fsp3) is 0.545. The monoisotopic (exact) mass is 457 g/mol. The number of hydrazine groups is 2. The Morgan fingerprint density at radius 1 is 1.19 bits per heavy atom. The highest BCUT2D eigenvalue weighted by Gasteiger charge is 2.40. The number of nitrogens with one attached hydrogen (secondary N) is 1. The topological polar surface area (TPSA) is 103 Å². The molecular weight excluding hydrogens is 426 g/mol. The summed E-state index contributed by atoms with van der Waals surface area (Å²) in [5.41, 5.74) is 11.5. The van der Waals surface area contributed by atoms with Gasteiger partial charge in [-0.3, -0.25) is 15.3 Å². The Kier molecular flexibility index (Phi) is 6.65. The molecule has 3 unspecified atom stereocenters. The van der Waals surface area contributed by atoms with Crippen molar-refractivity contribution in [3.05, 3.63) is 42.2 Å². The van der Waals surface area contributed by atoms with Gasteiger partial charge in [0.2, 0.25) is 0 Å². The van der Waals surface area contributed by atoms with Crippen molar-refractivity contribution >= 4 is 29.1 Å². The highest BCUT2D eigenvalue weighted by molar-refractivity contribution is 7.98. The minimum Gasteiger partial charge on any atom is -0.391 e. The number of β-amino-alcohol motifs (C(OH)–C–C–N with tert-alkyl or cyclic N) is 1. The number of anilines is 3. The van der Waals surface area contributed by atoms with E-state index in [0.29, 0.717) is 19.0 Å². The molecule has 0 spiro atoms. The van der Waals surface area contributed by atoms with E-state index in [0.717, 1.165) is 55.4 Å². The standard InChI is InChI=1S/C22H31N7O2S/c23-21-20-22(25-14-24-21)28(29(26-20)19-8-4-5-9-31-19)15-27-10-17(18(30)11-27)13-32-12-16-6-2-1-3-7-16/h1-3,6-7,14,17-19,26,30H,4-5,8-13,15H2,(H2,23,24,25). The van der Waals surface area contributed by atoms with Crippen LogP contribution in [0.2, 0.25) is 0 Å². The molecule has 0 saturated carbocycles. The number of hydrogen-bond donors (Lipinski definition) is 3. The number of aliphatic hydroxyl groups is 1. The molecule has 32 heavy (non-hydrogen) atoms. The van der Waals surface area contributed by atoms with E-state index in [4.69, 9.17) is 10.5 Å². The Bertz CT molecular complexity index is 899. The number of hydrogen-bond acceptors (Lipinski definition) is 10. The van der Waals surface area contributed by atoms with E-state index in [9.17, 15) is 5.11 Å². The van der Waals surface area contributed by atoms with Crippen molar-refractivity contribution in [2.75, 3.05) is 48.3 Å². The van der Waals surface area contributed by atoms with Gasteiger partial charge in [-0.15, -0.1) is 5.12 Å². The van der Waals surface area contributed by atoms with Crippen LogP contribution in [0.4, 0.5) is 17.3 Å². The van der Waals surface area contributed by atoms with Gasteiger partial charge in [-0.1, -0.05) is 30.3 Å². The van der Waals surface area contributed by atoms with Gasteiger partial charge in [-0.25, -0.2) is 9.97 Å². The summed E-state index contributed by atoms with van der Waals surface area (Å²) >= 11 is 1.89.